The van der Waals surface area contributed by atoms with E-state index in [9.17, 15) is 8.42 Å². The van der Waals surface area contributed by atoms with Gasteiger partial charge in [-0.2, -0.15) is 0 Å². The molecule has 0 atom stereocenters. The molecule has 0 amide bonds. The highest BCUT2D eigenvalue weighted by molar-refractivity contribution is 7.90. The van der Waals surface area contributed by atoms with E-state index in [0.29, 0.717) is 31.9 Å². The van der Waals surface area contributed by atoms with Gasteiger partial charge in [-0.3, -0.25) is 0 Å². The fourth-order valence-corrected chi connectivity index (χ4v) is 4.06. The van der Waals surface area contributed by atoms with Crippen LogP contribution in [0.4, 0.5) is 0 Å². The highest BCUT2D eigenvalue weighted by Gasteiger charge is 2.46. The van der Waals surface area contributed by atoms with Crippen molar-refractivity contribution in [3.05, 3.63) is 0 Å². The van der Waals surface area contributed by atoms with E-state index in [4.69, 9.17) is 16.3 Å². The number of hydrogen-bond acceptors (Lipinski definition) is 3. The lowest BCUT2D eigenvalue weighted by Gasteiger charge is -2.24. The van der Waals surface area contributed by atoms with Gasteiger partial charge in [-0.1, -0.05) is 0 Å². The molecule has 0 aromatic heterocycles. The summed E-state index contributed by atoms with van der Waals surface area (Å²) in [6.45, 7) is 1.08. The SMILES string of the molecule is O=S(=O)(NC1(CCl)CC1)C1CCOCC1. The van der Waals surface area contributed by atoms with Crippen molar-refractivity contribution >= 4 is 21.6 Å². The van der Waals surface area contributed by atoms with Gasteiger partial charge in [0.1, 0.15) is 0 Å². The molecule has 0 aromatic carbocycles. The molecule has 1 saturated carbocycles. The number of nitrogens with one attached hydrogen (secondary N) is 1. The molecule has 15 heavy (non-hydrogen) atoms. The zero-order chi connectivity index (χ0) is 10.9. The summed E-state index contributed by atoms with van der Waals surface area (Å²) in [6, 6.07) is 0. The zero-order valence-corrected chi connectivity index (χ0v) is 10.1. The van der Waals surface area contributed by atoms with E-state index in [2.05, 4.69) is 4.72 Å². The van der Waals surface area contributed by atoms with Crippen LogP contribution in [0.3, 0.4) is 0 Å². The molecule has 1 aliphatic carbocycles. The molecule has 1 N–H and O–H groups in total. The molecule has 0 radical (unpaired) electrons. The summed E-state index contributed by atoms with van der Waals surface area (Å²) in [7, 11) is -3.21. The number of ether oxygens (including phenoxy) is 1. The number of rotatable bonds is 4. The fraction of sp³-hybridized carbons (Fsp3) is 1.00. The van der Waals surface area contributed by atoms with Gasteiger partial charge in [0.05, 0.1) is 5.25 Å². The number of hydrogen-bond donors (Lipinski definition) is 1. The third kappa shape index (κ3) is 2.64. The van der Waals surface area contributed by atoms with Crippen LogP contribution in [0, 0.1) is 0 Å². The molecule has 0 bridgehead atoms. The van der Waals surface area contributed by atoms with Gasteiger partial charge in [0.15, 0.2) is 0 Å². The largest absolute Gasteiger partial charge is 0.381 e. The van der Waals surface area contributed by atoms with Gasteiger partial charge >= 0.3 is 0 Å². The minimum Gasteiger partial charge on any atom is -0.381 e. The first-order chi connectivity index (χ1) is 7.08. The predicted octanol–water partition coefficient (Wildman–Crippen LogP) is 0.856. The van der Waals surface area contributed by atoms with E-state index in [1.807, 2.05) is 0 Å². The lowest BCUT2D eigenvalue weighted by molar-refractivity contribution is 0.0980. The lowest BCUT2D eigenvalue weighted by Crippen LogP contribution is -2.45. The molecule has 1 aliphatic heterocycles. The molecular weight excluding hydrogens is 238 g/mol. The van der Waals surface area contributed by atoms with Crippen LogP contribution in [0.25, 0.3) is 0 Å². The van der Waals surface area contributed by atoms with Crippen LogP contribution in [0.2, 0.25) is 0 Å². The first kappa shape index (κ1) is 11.6. The minimum atomic E-state index is -3.21. The van der Waals surface area contributed by atoms with E-state index in [-0.39, 0.29) is 10.8 Å². The average molecular weight is 254 g/mol. The first-order valence-corrected chi connectivity index (χ1v) is 7.33. The summed E-state index contributed by atoms with van der Waals surface area (Å²) in [4.78, 5) is 0. The van der Waals surface area contributed by atoms with Crippen LogP contribution in [0.15, 0.2) is 0 Å². The molecule has 1 heterocycles. The number of alkyl halides is 1. The standard InChI is InChI=1S/C9H16ClNO3S/c10-7-9(3-4-9)11-15(12,13)8-1-5-14-6-2-8/h8,11H,1-7H2. The van der Waals surface area contributed by atoms with Crippen molar-refractivity contribution in [3.8, 4) is 0 Å². The van der Waals surface area contributed by atoms with E-state index in [1.165, 1.54) is 0 Å². The van der Waals surface area contributed by atoms with E-state index >= 15 is 0 Å². The molecular formula is C9H16ClNO3S. The molecule has 0 unspecified atom stereocenters. The van der Waals surface area contributed by atoms with Crippen molar-refractivity contribution in [2.45, 2.75) is 36.5 Å². The van der Waals surface area contributed by atoms with Gasteiger partial charge in [0.2, 0.25) is 10.0 Å². The third-order valence-electron chi connectivity index (χ3n) is 3.08. The summed E-state index contributed by atoms with van der Waals surface area (Å²) >= 11 is 5.75. The van der Waals surface area contributed by atoms with Crippen LogP contribution in [0.5, 0.6) is 0 Å². The molecule has 4 nitrogen and oxygen atoms in total. The smallest absolute Gasteiger partial charge is 0.215 e. The molecule has 6 heteroatoms. The van der Waals surface area contributed by atoms with Crippen LogP contribution in [-0.2, 0) is 14.8 Å². The quantitative estimate of drug-likeness (QED) is 0.756. The Morgan fingerprint density at radius 2 is 1.93 bits per heavy atom. The second kappa shape index (κ2) is 4.20. The minimum absolute atomic E-state index is 0.299. The van der Waals surface area contributed by atoms with Gasteiger partial charge in [-0.15, -0.1) is 11.6 Å². The molecule has 2 fully saturated rings. The van der Waals surface area contributed by atoms with Crippen molar-refractivity contribution in [2.24, 2.45) is 0 Å². The van der Waals surface area contributed by atoms with Gasteiger partial charge < -0.3 is 4.74 Å². The normalized spacial score (nSPS) is 26.5. The summed E-state index contributed by atoms with van der Waals surface area (Å²) in [5.74, 6) is 0.370. The Morgan fingerprint density at radius 1 is 1.33 bits per heavy atom. The Morgan fingerprint density at radius 3 is 2.40 bits per heavy atom. The Balaban J connectivity index is 1.99. The van der Waals surface area contributed by atoms with Crippen molar-refractivity contribution in [2.75, 3.05) is 19.1 Å². The maximum atomic E-state index is 12.0. The van der Waals surface area contributed by atoms with Crippen molar-refractivity contribution in [1.82, 2.24) is 4.72 Å². The van der Waals surface area contributed by atoms with Crippen molar-refractivity contribution in [1.29, 1.82) is 0 Å². The second-order valence-electron chi connectivity index (χ2n) is 4.37. The van der Waals surface area contributed by atoms with Gasteiger partial charge in [0, 0.05) is 24.6 Å². The average Bonchev–Trinajstić information content (AvgIpc) is 2.99. The predicted molar refractivity (Wildman–Crippen MR) is 58.6 cm³/mol. The Kier molecular flexibility index (Phi) is 3.26. The summed E-state index contributed by atoms with van der Waals surface area (Å²) in [5, 5.41) is -0.299. The topological polar surface area (TPSA) is 55.4 Å². The van der Waals surface area contributed by atoms with Gasteiger partial charge in [0.25, 0.3) is 0 Å². The monoisotopic (exact) mass is 253 g/mol. The molecule has 2 rings (SSSR count). The molecule has 1 saturated heterocycles. The van der Waals surface area contributed by atoms with Crippen molar-refractivity contribution in [3.63, 3.8) is 0 Å². The summed E-state index contributed by atoms with van der Waals surface area (Å²) in [5.41, 5.74) is -0.335. The molecule has 0 aromatic rings. The second-order valence-corrected chi connectivity index (χ2v) is 6.60. The van der Waals surface area contributed by atoms with Gasteiger partial charge in [-0.25, -0.2) is 13.1 Å². The Labute approximate surface area is 95.4 Å². The van der Waals surface area contributed by atoms with Gasteiger partial charge in [-0.05, 0) is 25.7 Å². The lowest BCUT2D eigenvalue weighted by atomic mass is 10.2. The molecule has 2 aliphatic rings. The maximum absolute atomic E-state index is 12.0. The van der Waals surface area contributed by atoms with Crippen LogP contribution >= 0.6 is 11.6 Å². The van der Waals surface area contributed by atoms with E-state index < -0.39 is 10.0 Å². The molecule has 88 valence electrons. The van der Waals surface area contributed by atoms with Crippen LogP contribution in [0.1, 0.15) is 25.7 Å². The maximum Gasteiger partial charge on any atom is 0.215 e. The van der Waals surface area contributed by atoms with Crippen LogP contribution in [-0.4, -0.2) is 38.3 Å². The van der Waals surface area contributed by atoms with Crippen molar-refractivity contribution < 1.29 is 13.2 Å². The Bertz CT molecular complexity index is 320. The summed E-state index contributed by atoms with van der Waals surface area (Å²) in [6.07, 6.45) is 2.90. The third-order valence-corrected chi connectivity index (χ3v) is 5.65. The highest BCUT2D eigenvalue weighted by atomic mass is 35.5. The van der Waals surface area contributed by atoms with Crippen LogP contribution < -0.4 is 4.72 Å². The molecule has 0 spiro atoms. The summed E-state index contributed by atoms with van der Waals surface area (Å²) < 4.78 is 31.8. The Hall–Kier alpha value is 0.160. The first-order valence-electron chi connectivity index (χ1n) is 5.24. The number of halogens is 1. The zero-order valence-electron chi connectivity index (χ0n) is 8.54. The highest BCUT2D eigenvalue weighted by Crippen LogP contribution is 2.37. The van der Waals surface area contributed by atoms with E-state index in [0.717, 1.165) is 12.8 Å². The fourth-order valence-electron chi connectivity index (χ4n) is 1.79. The number of sulfonamides is 1. The van der Waals surface area contributed by atoms with E-state index in [1.54, 1.807) is 0 Å².